The number of aliphatic imine (C=N–C) groups is 1. The molecule has 2 atom stereocenters. The van der Waals surface area contributed by atoms with Gasteiger partial charge in [0.25, 0.3) is 0 Å². The summed E-state index contributed by atoms with van der Waals surface area (Å²) in [6.45, 7) is 4.47. The van der Waals surface area contributed by atoms with E-state index in [-0.39, 0.29) is 24.0 Å². The van der Waals surface area contributed by atoms with Crippen LogP contribution in [0.1, 0.15) is 38.4 Å². The highest BCUT2D eigenvalue weighted by atomic mass is 127. The van der Waals surface area contributed by atoms with Crippen molar-refractivity contribution in [3.63, 3.8) is 0 Å². The standard InChI is InChI=1S/C17H29N3O2.HI/c1-14-5-3-6-15(13-14)20-17(19-10-12-21-2)18-9-8-16-7-4-11-22-16;/h4,7,11,14-15H,3,5-6,8-10,12-13H2,1-2H3,(H2,18,19,20);1H. The van der Waals surface area contributed by atoms with Crippen molar-refractivity contribution in [1.82, 2.24) is 10.6 Å². The van der Waals surface area contributed by atoms with Gasteiger partial charge in [-0.15, -0.1) is 24.0 Å². The lowest BCUT2D eigenvalue weighted by Gasteiger charge is -2.29. The second kappa shape index (κ2) is 11.7. The molecule has 2 unspecified atom stereocenters. The Balaban J connectivity index is 0.00000264. The van der Waals surface area contributed by atoms with Crippen molar-refractivity contribution in [1.29, 1.82) is 0 Å². The molecule has 1 aliphatic carbocycles. The summed E-state index contributed by atoms with van der Waals surface area (Å²) in [5.41, 5.74) is 0. The average molecular weight is 435 g/mol. The minimum absolute atomic E-state index is 0. The van der Waals surface area contributed by atoms with Crippen LogP contribution in [0.15, 0.2) is 27.8 Å². The maximum atomic E-state index is 5.36. The third-order valence-corrected chi connectivity index (χ3v) is 4.09. The van der Waals surface area contributed by atoms with E-state index in [4.69, 9.17) is 9.15 Å². The molecule has 1 saturated carbocycles. The van der Waals surface area contributed by atoms with Crippen LogP contribution in [0.4, 0.5) is 0 Å². The van der Waals surface area contributed by atoms with Gasteiger partial charge >= 0.3 is 0 Å². The number of rotatable bonds is 7. The van der Waals surface area contributed by atoms with Gasteiger partial charge in [-0.2, -0.15) is 0 Å². The summed E-state index contributed by atoms with van der Waals surface area (Å²) in [7, 11) is 1.70. The van der Waals surface area contributed by atoms with Crippen LogP contribution in [0.25, 0.3) is 0 Å². The number of nitrogens with one attached hydrogen (secondary N) is 2. The molecule has 0 radical (unpaired) electrons. The van der Waals surface area contributed by atoms with E-state index in [9.17, 15) is 0 Å². The number of furan rings is 1. The molecule has 5 nitrogen and oxygen atoms in total. The Morgan fingerprint density at radius 1 is 1.43 bits per heavy atom. The van der Waals surface area contributed by atoms with Crippen LogP contribution in [0, 0.1) is 5.92 Å². The SMILES string of the molecule is COCCN=C(NCCc1ccco1)NC1CCCC(C)C1.I. The summed E-state index contributed by atoms with van der Waals surface area (Å²) in [5.74, 6) is 2.69. The van der Waals surface area contributed by atoms with Crippen LogP contribution in [-0.2, 0) is 11.2 Å². The normalized spacial score (nSPS) is 21.6. The van der Waals surface area contributed by atoms with Crippen LogP contribution in [-0.4, -0.2) is 38.8 Å². The van der Waals surface area contributed by atoms with Gasteiger partial charge in [0.1, 0.15) is 5.76 Å². The van der Waals surface area contributed by atoms with Crippen molar-refractivity contribution in [2.45, 2.75) is 45.1 Å². The van der Waals surface area contributed by atoms with Crippen molar-refractivity contribution in [3.05, 3.63) is 24.2 Å². The molecule has 0 aliphatic heterocycles. The first-order chi connectivity index (χ1) is 10.8. The number of hydrogen-bond donors (Lipinski definition) is 2. The van der Waals surface area contributed by atoms with Gasteiger partial charge in [0.2, 0.25) is 0 Å². The van der Waals surface area contributed by atoms with Gasteiger partial charge in [0.15, 0.2) is 5.96 Å². The molecule has 1 heterocycles. The Hall–Kier alpha value is -0.760. The molecule has 0 bridgehead atoms. The highest BCUT2D eigenvalue weighted by molar-refractivity contribution is 14.0. The second-order valence-electron chi connectivity index (χ2n) is 6.09. The number of ether oxygens (including phenoxy) is 1. The summed E-state index contributed by atoms with van der Waals surface area (Å²) >= 11 is 0. The van der Waals surface area contributed by atoms with Crippen molar-refractivity contribution in [3.8, 4) is 0 Å². The predicted octanol–water partition coefficient (Wildman–Crippen LogP) is 3.20. The fourth-order valence-electron chi connectivity index (χ4n) is 2.92. The fraction of sp³-hybridized carbons (Fsp3) is 0.706. The Labute approximate surface area is 156 Å². The smallest absolute Gasteiger partial charge is 0.191 e. The third-order valence-electron chi connectivity index (χ3n) is 4.09. The topological polar surface area (TPSA) is 58.8 Å². The van der Waals surface area contributed by atoms with Crippen molar-refractivity contribution < 1.29 is 9.15 Å². The van der Waals surface area contributed by atoms with Gasteiger partial charge < -0.3 is 19.8 Å². The first-order valence-corrected chi connectivity index (χ1v) is 8.34. The van der Waals surface area contributed by atoms with Crippen LogP contribution in [0.2, 0.25) is 0 Å². The Bertz CT molecular complexity index is 437. The molecule has 132 valence electrons. The molecule has 1 fully saturated rings. The second-order valence-corrected chi connectivity index (χ2v) is 6.09. The molecular weight excluding hydrogens is 405 g/mol. The van der Waals surface area contributed by atoms with Gasteiger partial charge in [-0.1, -0.05) is 19.8 Å². The van der Waals surface area contributed by atoms with Gasteiger partial charge in [0.05, 0.1) is 19.4 Å². The van der Waals surface area contributed by atoms with E-state index in [1.54, 1.807) is 13.4 Å². The van der Waals surface area contributed by atoms with Gasteiger partial charge in [-0.3, -0.25) is 4.99 Å². The average Bonchev–Trinajstić information content (AvgIpc) is 3.00. The zero-order valence-electron chi connectivity index (χ0n) is 14.2. The summed E-state index contributed by atoms with van der Waals surface area (Å²) < 4.78 is 10.4. The molecule has 0 saturated heterocycles. The first kappa shape index (κ1) is 20.3. The van der Waals surface area contributed by atoms with E-state index in [1.807, 2.05) is 12.1 Å². The number of methoxy groups -OCH3 is 1. The Morgan fingerprint density at radius 3 is 3.00 bits per heavy atom. The Kier molecular flexibility index (Phi) is 10.3. The van der Waals surface area contributed by atoms with E-state index in [0.717, 1.165) is 30.6 Å². The van der Waals surface area contributed by atoms with Crippen LogP contribution in [0.5, 0.6) is 0 Å². The monoisotopic (exact) mass is 435 g/mol. The highest BCUT2D eigenvalue weighted by Crippen LogP contribution is 2.23. The van der Waals surface area contributed by atoms with E-state index < -0.39 is 0 Å². The predicted molar refractivity (Wildman–Crippen MR) is 105 cm³/mol. The van der Waals surface area contributed by atoms with E-state index >= 15 is 0 Å². The molecule has 6 heteroatoms. The minimum Gasteiger partial charge on any atom is -0.469 e. The number of nitrogens with zero attached hydrogens (tertiary/aromatic N) is 1. The summed E-state index contributed by atoms with van der Waals surface area (Å²) in [6.07, 6.45) is 7.68. The van der Waals surface area contributed by atoms with Gasteiger partial charge in [-0.05, 0) is 30.9 Å². The number of halogens is 1. The highest BCUT2D eigenvalue weighted by Gasteiger charge is 2.19. The summed E-state index contributed by atoms with van der Waals surface area (Å²) in [6, 6.07) is 4.45. The third kappa shape index (κ3) is 8.06. The first-order valence-electron chi connectivity index (χ1n) is 8.34. The minimum atomic E-state index is 0. The summed E-state index contributed by atoms with van der Waals surface area (Å²) in [4.78, 5) is 4.59. The lowest BCUT2D eigenvalue weighted by Crippen LogP contribution is -2.45. The van der Waals surface area contributed by atoms with E-state index in [0.29, 0.717) is 19.2 Å². The lowest BCUT2D eigenvalue weighted by atomic mass is 9.87. The van der Waals surface area contributed by atoms with Crippen molar-refractivity contribution >= 4 is 29.9 Å². The van der Waals surface area contributed by atoms with Gasteiger partial charge in [0, 0.05) is 26.1 Å². The van der Waals surface area contributed by atoms with Crippen LogP contribution in [0.3, 0.4) is 0 Å². The molecule has 1 aliphatic rings. The molecule has 0 spiro atoms. The molecule has 1 aromatic heterocycles. The largest absolute Gasteiger partial charge is 0.469 e. The molecule has 2 N–H and O–H groups in total. The van der Waals surface area contributed by atoms with Crippen LogP contribution >= 0.6 is 24.0 Å². The molecular formula is C17H30IN3O2. The van der Waals surface area contributed by atoms with Crippen molar-refractivity contribution in [2.24, 2.45) is 10.9 Å². The number of hydrogen-bond acceptors (Lipinski definition) is 3. The lowest BCUT2D eigenvalue weighted by molar-refractivity contribution is 0.207. The zero-order valence-corrected chi connectivity index (χ0v) is 16.5. The fourth-order valence-corrected chi connectivity index (χ4v) is 2.92. The maximum Gasteiger partial charge on any atom is 0.191 e. The van der Waals surface area contributed by atoms with Crippen LogP contribution < -0.4 is 10.6 Å². The van der Waals surface area contributed by atoms with E-state index in [2.05, 4.69) is 22.5 Å². The molecule has 2 rings (SSSR count). The van der Waals surface area contributed by atoms with Crippen molar-refractivity contribution in [2.75, 3.05) is 26.8 Å². The molecule has 1 aromatic rings. The van der Waals surface area contributed by atoms with Gasteiger partial charge in [-0.25, -0.2) is 0 Å². The zero-order chi connectivity index (χ0) is 15.6. The summed E-state index contributed by atoms with van der Waals surface area (Å²) in [5, 5.41) is 6.98. The quantitative estimate of drug-likeness (QED) is 0.299. The van der Waals surface area contributed by atoms with E-state index in [1.165, 1.54) is 25.7 Å². The molecule has 0 aromatic carbocycles. The number of guanidine groups is 1. The maximum absolute atomic E-state index is 5.36. The Morgan fingerprint density at radius 2 is 2.30 bits per heavy atom. The molecule has 0 amide bonds. The molecule has 23 heavy (non-hydrogen) atoms.